The van der Waals surface area contributed by atoms with E-state index in [0.29, 0.717) is 0 Å². The molecule has 0 aliphatic rings. The van der Waals surface area contributed by atoms with Crippen molar-refractivity contribution in [3.63, 3.8) is 0 Å². The van der Waals surface area contributed by atoms with Gasteiger partial charge in [0.05, 0.1) is 0 Å². The van der Waals surface area contributed by atoms with Crippen LogP contribution in [0.5, 0.6) is 0 Å². The van der Waals surface area contributed by atoms with Gasteiger partial charge in [0.15, 0.2) is 0 Å². The van der Waals surface area contributed by atoms with Gasteiger partial charge >= 0.3 is 0 Å². The third kappa shape index (κ3) is 4.64. The lowest BCUT2D eigenvalue weighted by Gasteiger charge is -2.19. The van der Waals surface area contributed by atoms with E-state index >= 15 is 0 Å². The molecule has 0 radical (unpaired) electrons. The molecule has 70 valence electrons. The molecule has 0 rings (SSSR count). The van der Waals surface area contributed by atoms with Gasteiger partial charge in [-0.2, -0.15) is 0 Å². The quantitative estimate of drug-likeness (QED) is 0.432. The fourth-order valence-corrected chi connectivity index (χ4v) is 1.69. The molecule has 0 aromatic rings. The maximum Gasteiger partial charge on any atom is 0.149 e. The molecule has 0 spiro atoms. The predicted octanol–water partition coefficient (Wildman–Crippen LogP) is 4.27. The second-order valence-electron chi connectivity index (χ2n) is 4.67. The summed E-state index contributed by atoms with van der Waals surface area (Å²) in [6, 6.07) is 0. The first kappa shape index (κ1) is 11.8. The van der Waals surface area contributed by atoms with Crippen molar-refractivity contribution in [2.45, 2.75) is 59.5 Å². The van der Waals surface area contributed by atoms with Gasteiger partial charge in [-0.15, -0.1) is 0 Å². The monoisotopic (exact) mass is 166 g/mol. The largest absolute Gasteiger partial charge is 0.149 e. The van der Waals surface area contributed by atoms with Crippen LogP contribution in [-0.4, -0.2) is 6.71 Å². The van der Waals surface area contributed by atoms with Crippen molar-refractivity contribution < 1.29 is 0 Å². The Balaban J connectivity index is 4.06. The van der Waals surface area contributed by atoms with Gasteiger partial charge in [-0.05, 0) is 13.8 Å². The zero-order valence-corrected chi connectivity index (χ0v) is 9.52. The summed E-state index contributed by atoms with van der Waals surface area (Å²) in [5, 5.41) is 0. The van der Waals surface area contributed by atoms with Crippen LogP contribution in [0, 0.1) is 0 Å². The molecular formula is C11H23B. The van der Waals surface area contributed by atoms with Gasteiger partial charge in [0.2, 0.25) is 0 Å². The van der Waals surface area contributed by atoms with Crippen LogP contribution in [0.25, 0.3) is 0 Å². The third-order valence-electron chi connectivity index (χ3n) is 2.51. The molecule has 0 aromatic heterocycles. The highest BCUT2D eigenvalue weighted by Crippen LogP contribution is 2.24. The summed E-state index contributed by atoms with van der Waals surface area (Å²) in [5.41, 5.74) is 1.45. The standard InChI is InChI=1S/C11H23B/c1-9(2)7-8-12(10(3)4)11(5)6/h7,10-11H,8H2,1-6H3. The maximum absolute atomic E-state index is 2.37. The molecule has 0 heterocycles. The Morgan fingerprint density at radius 1 is 1.08 bits per heavy atom. The normalized spacial score (nSPS) is 10.7. The van der Waals surface area contributed by atoms with Crippen molar-refractivity contribution in [1.82, 2.24) is 0 Å². The zero-order valence-electron chi connectivity index (χ0n) is 9.52. The molecule has 0 aliphatic carbocycles. The van der Waals surface area contributed by atoms with Gasteiger partial charge in [-0.1, -0.05) is 57.3 Å². The van der Waals surface area contributed by atoms with Crippen molar-refractivity contribution in [2.75, 3.05) is 0 Å². The van der Waals surface area contributed by atoms with Crippen LogP contribution >= 0.6 is 0 Å². The van der Waals surface area contributed by atoms with Crippen LogP contribution < -0.4 is 0 Å². The van der Waals surface area contributed by atoms with E-state index in [1.807, 2.05) is 0 Å². The summed E-state index contributed by atoms with van der Waals surface area (Å²) in [5.74, 6) is 1.61. The van der Waals surface area contributed by atoms with Crippen molar-refractivity contribution in [2.24, 2.45) is 0 Å². The van der Waals surface area contributed by atoms with E-state index in [0.717, 1.165) is 18.3 Å². The summed E-state index contributed by atoms with van der Waals surface area (Å²) >= 11 is 0. The van der Waals surface area contributed by atoms with Gasteiger partial charge in [-0.25, -0.2) is 0 Å². The van der Waals surface area contributed by atoms with Crippen LogP contribution in [0.4, 0.5) is 0 Å². The Morgan fingerprint density at radius 3 is 1.75 bits per heavy atom. The summed E-state index contributed by atoms with van der Waals surface area (Å²) in [4.78, 5) is 0. The molecule has 12 heavy (non-hydrogen) atoms. The summed E-state index contributed by atoms with van der Waals surface area (Å²) < 4.78 is 0. The van der Waals surface area contributed by atoms with Gasteiger partial charge in [0.1, 0.15) is 6.71 Å². The van der Waals surface area contributed by atoms with E-state index in [1.165, 1.54) is 11.9 Å². The molecular weight excluding hydrogens is 143 g/mol. The Hall–Kier alpha value is -0.195. The van der Waals surface area contributed by atoms with Gasteiger partial charge in [-0.3, -0.25) is 0 Å². The highest BCUT2D eigenvalue weighted by atomic mass is 13.9. The summed E-state index contributed by atoms with van der Waals surface area (Å²) in [6.07, 6.45) is 3.61. The van der Waals surface area contributed by atoms with Gasteiger partial charge < -0.3 is 0 Å². The molecule has 0 atom stereocenters. The molecule has 0 saturated heterocycles. The number of hydrogen-bond acceptors (Lipinski definition) is 0. The van der Waals surface area contributed by atoms with Gasteiger partial charge in [0.25, 0.3) is 0 Å². The van der Waals surface area contributed by atoms with Crippen LogP contribution in [0.3, 0.4) is 0 Å². The maximum atomic E-state index is 2.37. The summed E-state index contributed by atoms with van der Waals surface area (Å²) in [6.45, 7) is 14.5. The molecule has 0 fully saturated rings. The third-order valence-corrected chi connectivity index (χ3v) is 2.51. The number of hydrogen-bond donors (Lipinski definition) is 0. The second kappa shape index (κ2) is 5.45. The molecule has 0 saturated carbocycles. The molecule has 0 N–H and O–H groups in total. The van der Waals surface area contributed by atoms with E-state index in [1.54, 1.807) is 0 Å². The van der Waals surface area contributed by atoms with Crippen LogP contribution in [0.1, 0.15) is 41.5 Å². The average molecular weight is 166 g/mol. The minimum atomic E-state index is 0.806. The van der Waals surface area contributed by atoms with Crippen LogP contribution in [0.15, 0.2) is 11.6 Å². The minimum absolute atomic E-state index is 0.806. The van der Waals surface area contributed by atoms with E-state index < -0.39 is 0 Å². The fraction of sp³-hybridized carbons (Fsp3) is 0.818. The lowest BCUT2D eigenvalue weighted by atomic mass is 9.34. The highest BCUT2D eigenvalue weighted by molar-refractivity contribution is 6.62. The Morgan fingerprint density at radius 2 is 1.50 bits per heavy atom. The first-order chi connectivity index (χ1) is 5.45. The fourth-order valence-electron chi connectivity index (χ4n) is 1.69. The van der Waals surface area contributed by atoms with Gasteiger partial charge in [0, 0.05) is 0 Å². The molecule has 0 bridgehead atoms. The molecule has 0 amide bonds. The summed E-state index contributed by atoms with van der Waals surface area (Å²) in [7, 11) is 0. The SMILES string of the molecule is CC(C)=CCB(C(C)C)C(C)C. The van der Waals surface area contributed by atoms with Crippen LogP contribution in [0.2, 0.25) is 18.0 Å². The smallest absolute Gasteiger partial charge is 0.0931 e. The van der Waals surface area contributed by atoms with Crippen molar-refractivity contribution in [1.29, 1.82) is 0 Å². The Bertz CT molecular complexity index is 133. The lowest BCUT2D eigenvalue weighted by molar-refractivity contribution is 0.931. The van der Waals surface area contributed by atoms with E-state index in [4.69, 9.17) is 0 Å². The predicted molar refractivity (Wildman–Crippen MR) is 60.2 cm³/mol. The number of allylic oxidation sites excluding steroid dienone is 2. The van der Waals surface area contributed by atoms with Crippen molar-refractivity contribution >= 4 is 6.71 Å². The Kier molecular flexibility index (Phi) is 5.36. The molecule has 0 aliphatic heterocycles. The molecule has 1 heteroatoms. The minimum Gasteiger partial charge on any atom is -0.0931 e. The molecule has 0 aromatic carbocycles. The average Bonchev–Trinajstić information content (AvgIpc) is 1.84. The molecule has 0 nitrogen and oxygen atoms in total. The van der Waals surface area contributed by atoms with Crippen molar-refractivity contribution in [3.8, 4) is 0 Å². The van der Waals surface area contributed by atoms with Crippen molar-refractivity contribution in [3.05, 3.63) is 11.6 Å². The second-order valence-corrected chi connectivity index (χ2v) is 4.67. The highest BCUT2D eigenvalue weighted by Gasteiger charge is 2.19. The first-order valence-electron chi connectivity index (χ1n) is 5.08. The first-order valence-corrected chi connectivity index (χ1v) is 5.08. The lowest BCUT2D eigenvalue weighted by Crippen LogP contribution is -2.19. The topological polar surface area (TPSA) is 0 Å². The Labute approximate surface area is 78.5 Å². The van der Waals surface area contributed by atoms with E-state index in [9.17, 15) is 0 Å². The zero-order chi connectivity index (χ0) is 9.72. The number of rotatable bonds is 4. The van der Waals surface area contributed by atoms with E-state index in [2.05, 4.69) is 47.6 Å². The molecule has 0 unspecified atom stereocenters. The van der Waals surface area contributed by atoms with E-state index in [-0.39, 0.29) is 0 Å². The van der Waals surface area contributed by atoms with Crippen LogP contribution in [-0.2, 0) is 0 Å².